The Bertz CT molecular complexity index is 623. The highest BCUT2D eigenvalue weighted by Crippen LogP contribution is 2.05. The number of thiol groups is 1. The van der Waals surface area contributed by atoms with Crippen LogP contribution >= 0.6 is 36.2 Å². The second-order valence-corrected chi connectivity index (χ2v) is 9.23. The van der Waals surface area contributed by atoms with E-state index in [4.69, 9.17) is 59.3 Å². The van der Waals surface area contributed by atoms with Crippen molar-refractivity contribution < 1.29 is 54.6 Å². The number of hydrogen-bond donors (Lipinski definition) is 12. The molecule has 0 amide bonds. The summed E-state index contributed by atoms with van der Waals surface area (Å²) in [6.45, 7) is -0.505. The van der Waals surface area contributed by atoms with E-state index in [0.29, 0.717) is 18.6 Å². The summed E-state index contributed by atoms with van der Waals surface area (Å²) in [7, 11) is 0. The first-order valence-electron chi connectivity index (χ1n) is 10.2. The Hall–Kier alpha value is -1.84. The molecule has 0 saturated heterocycles. The van der Waals surface area contributed by atoms with Gasteiger partial charge in [0.15, 0.2) is 0 Å². The lowest BCUT2D eigenvalue weighted by Gasteiger charge is -2.07. The van der Waals surface area contributed by atoms with Gasteiger partial charge in [0.25, 0.3) is 0 Å². The maximum absolute atomic E-state index is 10.3. The molecule has 220 valence electrons. The highest BCUT2D eigenvalue weighted by molar-refractivity contribution is 7.99. The summed E-state index contributed by atoms with van der Waals surface area (Å²) in [5.41, 5.74) is 25.4. The largest absolute Gasteiger partial charge is 0.480 e. The summed E-state index contributed by atoms with van der Waals surface area (Å²) in [6.07, 6.45) is 2.79. The van der Waals surface area contributed by atoms with Gasteiger partial charge in [0, 0.05) is 11.5 Å². The van der Waals surface area contributed by atoms with Crippen molar-refractivity contribution in [1.29, 1.82) is 0 Å². The monoisotopic (exact) mass is 597 g/mol. The number of carboxylic acid groups (broad SMARTS) is 5. The van der Waals surface area contributed by atoms with Crippen molar-refractivity contribution in [2.45, 2.75) is 43.1 Å². The maximum Gasteiger partial charge on any atom is 0.322 e. The summed E-state index contributed by atoms with van der Waals surface area (Å²) in [4.78, 5) is 50.0. The summed E-state index contributed by atoms with van der Waals surface area (Å²) in [5, 5.41) is 49.0. The predicted octanol–water partition coefficient (Wildman–Crippen LogP) is -3.20. The average molecular weight is 598 g/mol. The van der Waals surface area contributed by atoms with Gasteiger partial charge in [-0.05, 0) is 30.6 Å². The van der Waals surface area contributed by atoms with E-state index in [1.165, 1.54) is 11.8 Å². The molecule has 0 aromatic heterocycles. The minimum atomic E-state index is -1.18. The van der Waals surface area contributed by atoms with Crippen LogP contribution < -0.4 is 28.7 Å². The molecule has 0 aliphatic heterocycles. The van der Waals surface area contributed by atoms with Gasteiger partial charge in [-0.25, -0.2) is 0 Å². The van der Waals surface area contributed by atoms with Crippen LogP contribution in [0.25, 0.3) is 0 Å². The standard InChI is InChI=1S/C7H14N2O4S.C5H11NO2S.C3H7NO3.C3H7NO2S/c8-4(6(10)11)1-2-14-3-5(9)7(12)13;1-9-3-2-4(6)5(7)8;4-2(1-5)3(6)7;4-2(1-7)3(5)6/h4-5H,1-3,8-9H2,(H,10,11)(H,12,13);4H,2-3,6H2,1H3,(H,7,8);2,5H,1,4H2,(H,6,7);2,7H,1,4H2,(H,5,6)/t4-,5-;4-;2*2-/m0000/s1. The Balaban J connectivity index is -0.000000206. The molecule has 16 N–H and O–H groups in total. The number of aliphatic carboxylic acids is 5. The summed E-state index contributed by atoms with van der Waals surface area (Å²) in [6, 6.07) is -4.41. The molecule has 0 aliphatic rings. The molecule has 0 spiro atoms. The van der Waals surface area contributed by atoms with Crippen LogP contribution in [0.1, 0.15) is 12.8 Å². The van der Waals surface area contributed by atoms with Gasteiger partial charge >= 0.3 is 29.8 Å². The van der Waals surface area contributed by atoms with Gasteiger partial charge in [-0.3, -0.25) is 24.0 Å². The molecule has 0 aliphatic carbocycles. The Morgan fingerprint density at radius 1 is 0.649 bits per heavy atom. The van der Waals surface area contributed by atoms with Crippen LogP contribution in [0.15, 0.2) is 0 Å². The number of nitrogens with two attached hydrogens (primary N) is 5. The molecule has 0 rings (SSSR count). The van der Waals surface area contributed by atoms with Crippen molar-refractivity contribution in [3.63, 3.8) is 0 Å². The van der Waals surface area contributed by atoms with Gasteiger partial charge in [-0.15, -0.1) is 0 Å². The Kier molecular flexibility index (Phi) is 31.1. The first-order valence-corrected chi connectivity index (χ1v) is 13.4. The molecule has 37 heavy (non-hydrogen) atoms. The first-order chi connectivity index (χ1) is 17.0. The lowest BCUT2D eigenvalue weighted by molar-refractivity contribution is -0.140. The summed E-state index contributed by atoms with van der Waals surface area (Å²) >= 11 is 6.54. The fraction of sp³-hybridized carbons (Fsp3) is 0.722. The fourth-order valence-corrected chi connectivity index (χ4v) is 2.77. The second kappa shape index (κ2) is 27.2. The molecule has 0 aromatic rings. The van der Waals surface area contributed by atoms with Gasteiger partial charge in [0.05, 0.1) is 6.61 Å². The Morgan fingerprint density at radius 2 is 1.00 bits per heavy atom. The number of carbonyl (C=O) groups is 5. The van der Waals surface area contributed by atoms with E-state index in [-0.39, 0.29) is 11.5 Å². The minimum Gasteiger partial charge on any atom is -0.480 e. The normalized spacial score (nSPS) is 13.8. The third kappa shape index (κ3) is 32.1. The molecular weight excluding hydrogens is 558 g/mol. The van der Waals surface area contributed by atoms with Crippen LogP contribution in [0.3, 0.4) is 0 Å². The number of aliphatic hydroxyl groups is 1. The number of thioether (sulfide) groups is 2. The predicted molar refractivity (Wildman–Crippen MR) is 144 cm³/mol. The SMILES string of the molecule is CSCC[C@H](N)C(=O)O.N[C@@H](CCSC[C@H](N)C(=O)O)C(=O)O.N[C@@H](CO)C(=O)O.N[C@@H](CS)C(=O)O. The highest BCUT2D eigenvalue weighted by atomic mass is 32.2. The number of carboxylic acids is 5. The molecule has 5 atom stereocenters. The van der Waals surface area contributed by atoms with Crippen molar-refractivity contribution in [3.05, 3.63) is 0 Å². The van der Waals surface area contributed by atoms with Crippen LogP contribution in [-0.4, -0.2) is 127 Å². The van der Waals surface area contributed by atoms with Crippen molar-refractivity contribution in [3.8, 4) is 0 Å². The third-order valence-corrected chi connectivity index (χ3v) is 5.64. The average Bonchev–Trinajstić information content (AvgIpc) is 2.84. The molecule has 0 aromatic carbocycles. The number of hydrogen-bond acceptors (Lipinski definition) is 14. The van der Waals surface area contributed by atoms with Gasteiger partial charge in [-0.1, -0.05) is 0 Å². The van der Waals surface area contributed by atoms with Crippen molar-refractivity contribution in [2.24, 2.45) is 28.7 Å². The van der Waals surface area contributed by atoms with E-state index in [1.54, 1.807) is 11.8 Å². The van der Waals surface area contributed by atoms with Crippen LogP contribution in [0.5, 0.6) is 0 Å². The lowest BCUT2D eigenvalue weighted by atomic mass is 10.2. The molecule has 0 saturated carbocycles. The van der Waals surface area contributed by atoms with Crippen molar-refractivity contribution >= 4 is 66.0 Å². The van der Waals surface area contributed by atoms with Crippen LogP contribution in [0.4, 0.5) is 0 Å². The van der Waals surface area contributed by atoms with Crippen LogP contribution in [-0.2, 0) is 24.0 Å². The molecule has 16 nitrogen and oxygen atoms in total. The molecule has 0 bridgehead atoms. The topological polar surface area (TPSA) is 337 Å². The molecule has 19 heteroatoms. The van der Waals surface area contributed by atoms with E-state index >= 15 is 0 Å². The van der Waals surface area contributed by atoms with Gasteiger partial charge in [0.1, 0.15) is 30.2 Å². The van der Waals surface area contributed by atoms with Gasteiger partial charge in [-0.2, -0.15) is 36.2 Å². The first kappa shape index (κ1) is 42.3. The van der Waals surface area contributed by atoms with Gasteiger partial charge < -0.3 is 59.3 Å². The van der Waals surface area contributed by atoms with Crippen LogP contribution in [0, 0.1) is 0 Å². The highest BCUT2D eigenvalue weighted by Gasteiger charge is 2.13. The smallest absolute Gasteiger partial charge is 0.322 e. The van der Waals surface area contributed by atoms with E-state index < -0.39 is 66.7 Å². The minimum absolute atomic E-state index is 0.190. The van der Waals surface area contributed by atoms with E-state index in [2.05, 4.69) is 12.6 Å². The summed E-state index contributed by atoms with van der Waals surface area (Å²) in [5.74, 6) is -3.44. The zero-order chi connectivity index (χ0) is 30.1. The zero-order valence-corrected chi connectivity index (χ0v) is 22.7. The Morgan fingerprint density at radius 3 is 1.22 bits per heavy atom. The zero-order valence-electron chi connectivity index (χ0n) is 20.2. The Labute approximate surface area is 228 Å². The van der Waals surface area contributed by atoms with E-state index in [9.17, 15) is 24.0 Å². The fourth-order valence-electron chi connectivity index (χ4n) is 1.14. The number of aliphatic hydroxyl groups excluding tert-OH is 1. The maximum atomic E-state index is 10.3. The molecule has 0 unspecified atom stereocenters. The van der Waals surface area contributed by atoms with Crippen LogP contribution in [0.2, 0.25) is 0 Å². The molecular formula is C18H39N5O11S3. The van der Waals surface area contributed by atoms with E-state index in [0.717, 1.165) is 5.75 Å². The van der Waals surface area contributed by atoms with E-state index in [1.807, 2.05) is 6.26 Å². The quantitative estimate of drug-likeness (QED) is 0.0652. The summed E-state index contributed by atoms with van der Waals surface area (Å²) < 4.78 is 0. The van der Waals surface area contributed by atoms with Crippen molar-refractivity contribution in [2.75, 3.05) is 35.9 Å². The molecule has 0 heterocycles. The molecule has 0 radical (unpaired) electrons. The van der Waals surface area contributed by atoms with Gasteiger partial charge in [0.2, 0.25) is 0 Å². The third-order valence-electron chi connectivity index (χ3n) is 3.48. The lowest BCUT2D eigenvalue weighted by Crippen LogP contribution is -2.33. The second-order valence-electron chi connectivity index (χ2n) is 6.73. The molecule has 0 fully saturated rings. The van der Waals surface area contributed by atoms with Crippen molar-refractivity contribution in [1.82, 2.24) is 0 Å². The number of rotatable bonds is 15.